The van der Waals surface area contributed by atoms with Gasteiger partial charge in [0, 0.05) is 9.50 Å². The lowest BCUT2D eigenvalue weighted by atomic mass is 10.1. The number of rotatable bonds is 4. The Hall–Kier alpha value is -1.32. The summed E-state index contributed by atoms with van der Waals surface area (Å²) < 4.78 is 6.61. The van der Waals surface area contributed by atoms with Crippen molar-refractivity contribution in [1.82, 2.24) is 0 Å². The van der Waals surface area contributed by atoms with Crippen molar-refractivity contribution >= 4 is 33.8 Å². The van der Waals surface area contributed by atoms with Gasteiger partial charge in [-0.2, -0.15) is 0 Å². The predicted octanol–water partition coefficient (Wildman–Crippen LogP) is 4.80. The van der Waals surface area contributed by atoms with E-state index in [1.165, 1.54) is 0 Å². The molecular weight excluding hydrogens is 328 g/mol. The molecule has 0 N–H and O–H groups in total. The topological polar surface area (TPSA) is 26.3 Å². The lowest BCUT2D eigenvalue weighted by molar-refractivity contribution is 0.111. The van der Waals surface area contributed by atoms with Crippen LogP contribution in [0, 0.1) is 6.92 Å². The highest BCUT2D eigenvalue weighted by molar-refractivity contribution is 9.10. The van der Waals surface area contributed by atoms with E-state index in [9.17, 15) is 4.79 Å². The third kappa shape index (κ3) is 3.58. The maximum atomic E-state index is 11.1. The van der Waals surface area contributed by atoms with E-state index in [2.05, 4.69) is 15.9 Å². The molecule has 0 heterocycles. The van der Waals surface area contributed by atoms with Crippen LogP contribution < -0.4 is 4.74 Å². The van der Waals surface area contributed by atoms with Crippen LogP contribution in [0.2, 0.25) is 5.02 Å². The number of halogens is 2. The van der Waals surface area contributed by atoms with Crippen LogP contribution in [0.15, 0.2) is 40.9 Å². The van der Waals surface area contributed by atoms with Crippen LogP contribution in [-0.2, 0) is 6.61 Å². The first-order valence-corrected chi connectivity index (χ1v) is 6.90. The van der Waals surface area contributed by atoms with Crippen molar-refractivity contribution in [3.05, 3.63) is 62.6 Å². The van der Waals surface area contributed by atoms with Crippen LogP contribution in [-0.4, -0.2) is 6.29 Å². The molecule has 2 aromatic rings. The summed E-state index contributed by atoms with van der Waals surface area (Å²) in [5, 5.41) is 0.692. The molecule has 0 spiro atoms. The van der Waals surface area contributed by atoms with Gasteiger partial charge in [0.25, 0.3) is 0 Å². The zero-order chi connectivity index (χ0) is 13.8. The number of hydrogen-bond acceptors (Lipinski definition) is 2. The average molecular weight is 340 g/mol. The molecule has 2 rings (SSSR count). The Morgan fingerprint density at radius 2 is 1.95 bits per heavy atom. The van der Waals surface area contributed by atoms with E-state index in [1.54, 1.807) is 6.07 Å². The molecule has 0 aromatic heterocycles. The van der Waals surface area contributed by atoms with Crippen molar-refractivity contribution in [2.75, 3.05) is 0 Å². The van der Waals surface area contributed by atoms with Gasteiger partial charge in [-0.05, 0) is 42.3 Å². The molecule has 4 heteroatoms. The Labute approximate surface area is 125 Å². The summed E-state index contributed by atoms with van der Waals surface area (Å²) in [6, 6.07) is 11.1. The minimum Gasteiger partial charge on any atom is -0.488 e. The Morgan fingerprint density at radius 1 is 1.26 bits per heavy atom. The van der Waals surface area contributed by atoms with E-state index in [0.29, 0.717) is 22.9 Å². The predicted molar refractivity (Wildman–Crippen MR) is 80.1 cm³/mol. The van der Waals surface area contributed by atoms with Crippen molar-refractivity contribution < 1.29 is 9.53 Å². The molecule has 2 aromatic carbocycles. The van der Waals surface area contributed by atoms with Crippen LogP contribution >= 0.6 is 27.5 Å². The molecule has 98 valence electrons. The van der Waals surface area contributed by atoms with Gasteiger partial charge in [0.15, 0.2) is 6.29 Å². The second kappa shape index (κ2) is 6.22. The molecule has 0 saturated carbocycles. The van der Waals surface area contributed by atoms with Crippen molar-refractivity contribution in [3.8, 4) is 5.75 Å². The van der Waals surface area contributed by atoms with Crippen LogP contribution in [0.4, 0.5) is 0 Å². The third-order valence-corrected chi connectivity index (χ3v) is 3.40. The molecule has 0 aliphatic heterocycles. The summed E-state index contributed by atoms with van der Waals surface area (Å²) in [6.07, 6.45) is 0.801. The van der Waals surface area contributed by atoms with E-state index in [4.69, 9.17) is 16.3 Å². The molecule has 19 heavy (non-hydrogen) atoms. The van der Waals surface area contributed by atoms with Gasteiger partial charge in [0.1, 0.15) is 12.4 Å². The average Bonchev–Trinajstić information content (AvgIpc) is 2.39. The summed E-state index contributed by atoms with van der Waals surface area (Å²) in [7, 11) is 0. The second-order valence-electron chi connectivity index (χ2n) is 4.17. The highest BCUT2D eigenvalue weighted by Gasteiger charge is 2.08. The van der Waals surface area contributed by atoms with E-state index >= 15 is 0 Å². The summed E-state index contributed by atoms with van der Waals surface area (Å²) in [6.45, 7) is 2.31. The van der Waals surface area contributed by atoms with Crippen LogP contribution in [0.3, 0.4) is 0 Å². The minimum atomic E-state index is 0.403. The van der Waals surface area contributed by atoms with E-state index in [1.807, 2.05) is 37.3 Å². The second-order valence-corrected chi connectivity index (χ2v) is 5.53. The fraction of sp³-hybridized carbons (Fsp3) is 0.133. The lowest BCUT2D eigenvalue weighted by Crippen LogP contribution is -2.00. The van der Waals surface area contributed by atoms with Crippen molar-refractivity contribution in [2.24, 2.45) is 0 Å². The number of carbonyl (C=O) groups is 1. The molecule has 0 amide bonds. The van der Waals surface area contributed by atoms with Crippen LogP contribution in [0.1, 0.15) is 21.5 Å². The molecule has 0 bridgehead atoms. The van der Waals surface area contributed by atoms with Crippen molar-refractivity contribution in [1.29, 1.82) is 0 Å². The summed E-state index contributed by atoms with van der Waals surface area (Å²) in [4.78, 5) is 11.1. The number of ether oxygens (including phenoxy) is 1. The number of aldehydes is 1. The summed E-state index contributed by atoms with van der Waals surface area (Å²) >= 11 is 9.19. The van der Waals surface area contributed by atoms with Crippen molar-refractivity contribution in [3.63, 3.8) is 0 Å². The third-order valence-electron chi connectivity index (χ3n) is 2.69. The maximum Gasteiger partial charge on any atom is 0.153 e. The highest BCUT2D eigenvalue weighted by atomic mass is 79.9. The molecule has 0 aliphatic carbocycles. The number of aryl methyl sites for hydroxylation is 1. The first-order valence-electron chi connectivity index (χ1n) is 5.72. The quantitative estimate of drug-likeness (QED) is 0.748. The van der Waals surface area contributed by atoms with Gasteiger partial charge in [-0.15, -0.1) is 0 Å². The molecule has 0 saturated heterocycles. The van der Waals surface area contributed by atoms with Crippen LogP contribution in [0.5, 0.6) is 5.75 Å². The van der Waals surface area contributed by atoms with Gasteiger partial charge < -0.3 is 4.74 Å². The minimum absolute atomic E-state index is 0.403. The number of benzene rings is 2. The Kier molecular flexibility index (Phi) is 4.61. The summed E-state index contributed by atoms with van der Waals surface area (Å²) in [5.41, 5.74) is 2.47. The zero-order valence-corrected chi connectivity index (χ0v) is 12.7. The van der Waals surface area contributed by atoms with E-state index in [-0.39, 0.29) is 0 Å². The fourth-order valence-corrected chi connectivity index (χ4v) is 2.49. The first kappa shape index (κ1) is 14.1. The molecule has 0 radical (unpaired) electrons. The Bertz CT molecular complexity index is 594. The van der Waals surface area contributed by atoms with Crippen LogP contribution in [0.25, 0.3) is 0 Å². The fourth-order valence-electron chi connectivity index (χ4n) is 1.78. The molecule has 0 atom stereocenters. The van der Waals surface area contributed by atoms with Gasteiger partial charge in [-0.25, -0.2) is 0 Å². The Balaban J connectivity index is 2.19. The number of hydrogen-bond donors (Lipinski definition) is 0. The van der Waals surface area contributed by atoms with Crippen molar-refractivity contribution in [2.45, 2.75) is 13.5 Å². The van der Waals surface area contributed by atoms with Gasteiger partial charge in [0.05, 0.1) is 5.56 Å². The van der Waals surface area contributed by atoms with Gasteiger partial charge in [0.2, 0.25) is 0 Å². The van der Waals surface area contributed by atoms with E-state index < -0.39 is 0 Å². The van der Waals surface area contributed by atoms with Gasteiger partial charge >= 0.3 is 0 Å². The van der Waals surface area contributed by atoms with Gasteiger partial charge in [-0.3, -0.25) is 4.79 Å². The maximum absolute atomic E-state index is 11.1. The molecular formula is C15H12BrClO2. The zero-order valence-electron chi connectivity index (χ0n) is 10.3. The molecule has 0 unspecified atom stereocenters. The standard InChI is InChI=1S/C15H12BrClO2/c1-10-6-13(16)7-12(8-18)15(10)19-9-11-2-4-14(17)5-3-11/h2-8H,9H2,1H3. The number of carbonyl (C=O) groups excluding carboxylic acids is 1. The molecule has 2 nitrogen and oxygen atoms in total. The largest absolute Gasteiger partial charge is 0.488 e. The lowest BCUT2D eigenvalue weighted by Gasteiger charge is -2.12. The highest BCUT2D eigenvalue weighted by Crippen LogP contribution is 2.27. The Morgan fingerprint density at radius 3 is 2.58 bits per heavy atom. The monoisotopic (exact) mass is 338 g/mol. The molecule has 0 fully saturated rings. The smallest absolute Gasteiger partial charge is 0.153 e. The molecule has 0 aliphatic rings. The van der Waals surface area contributed by atoms with E-state index in [0.717, 1.165) is 21.9 Å². The first-order chi connectivity index (χ1) is 9.10. The summed E-state index contributed by atoms with van der Waals surface area (Å²) in [5.74, 6) is 0.619. The van der Waals surface area contributed by atoms with Gasteiger partial charge in [-0.1, -0.05) is 39.7 Å². The normalized spacial score (nSPS) is 10.3. The SMILES string of the molecule is Cc1cc(Br)cc(C=O)c1OCc1ccc(Cl)cc1.